The van der Waals surface area contributed by atoms with Gasteiger partial charge < -0.3 is 38.6 Å². The molecule has 2 N–H and O–H groups in total. The number of aliphatic hydroxyl groups is 1. The molecule has 1 aliphatic carbocycles. The van der Waals surface area contributed by atoms with Crippen molar-refractivity contribution in [3.63, 3.8) is 0 Å². The van der Waals surface area contributed by atoms with Gasteiger partial charge in [0.05, 0.1) is 18.2 Å². The molecule has 1 atom stereocenters. The number of benzene rings is 3. The van der Waals surface area contributed by atoms with Crippen LogP contribution in [0.4, 0.5) is 0 Å². The highest BCUT2D eigenvalue weighted by Gasteiger charge is 2.48. The van der Waals surface area contributed by atoms with Crippen LogP contribution in [0.1, 0.15) is 101 Å². The molecule has 3 aromatic carbocycles. The van der Waals surface area contributed by atoms with E-state index in [1.807, 2.05) is 6.92 Å². The normalized spacial score (nSPS) is 15.1. The topological polar surface area (TPSA) is 181 Å². The van der Waals surface area contributed by atoms with E-state index in [0.717, 1.165) is 12.2 Å². The molecule has 304 valence electrons. The molecule has 57 heavy (non-hydrogen) atoms. The van der Waals surface area contributed by atoms with Gasteiger partial charge in [0.2, 0.25) is 5.60 Å². The lowest BCUT2D eigenvalue weighted by Gasteiger charge is -2.30. The van der Waals surface area contributed by atoms with Gasteiger partial charge in [0, 0.05) is 13.2 Å². The fraction of sp³-hybridized carbons (Fsp3) is 0.372. The summed E-state index contributed by atoms with van der Waals surface area (Å²) in [6.45, 7) is 16.6. The summed E-state index contributed by atoms with van der Waals surface area (Å²) in [5, 5.41) is 22.6. The van der Waals surface area contributed by atoms with E-state index >= 15 is 0 Å². The second-order valence-electron chi connectivity index (χ2n) is 13.9. The van der Waals surface area contributed by atoms with Gasteiger partial charge in [-0.2, -0.15) is 0 Å². The smallest absolute Gasteiger partial charge is 0.356 e. The number of ketones is 1. The van der Waals surface area contributed by atoms with Crippen molar-refractivity contribution in [2.75, 3.05) is 21.0 Å². The molecule has 0 saturated heterocycles. The molecule has 0 saturated carbocycles. The molecular formula is C43H47BrO13. The molecule has 0 fully saturated rings. The molecule has 0 radical (unpaired) electrons. The van der Waals surface area contributed by atoms with Gasteiger partial charge in [-0.15, -0.1) is 0 Å². The van der Waals surface area contributed by atoms with E-state index in [1.165, 1.54) is 28.1 Å². The van der Waals surface area contributed by atoms with E-state index in [1.54, 1.807) is 54.5 Å². The number of rotatable bonds is 12. The van der Waals surface area contributed by atoms with Crippen molar-refractivity contribution < 1.29 is 62.6 Å². The number of methoxy groups -OCH3 is 2. The number of carbonyl (C=O) groups is 5. The summed E-state index contributed by atoms with van der Waals surface area (Å²) in [6, 6.07) is 1.55. The Kier molecular flexibility index (Phi) is 13.6. The number of hydrogen-bond acceptors (Lipinski definition) is 13. The van der Waals surface area contributed by atoms with Crippen LogP contribution in [0.3, 0.4) is 0 Å². The first-order chi connectivity index (χ1) is 26.7. The molecule has 1 aliphatic rings. The Bertz CT molecular complexity index is 2220. The van der Waals surface area contributed by atoms with Gasteiger partial charge in [0.25, 0.3) is 0 Å². The molecule has 3 aromatic rings. The summed E-state index contributed by atoms with van der Waals surface area (Å²) in [4.78, 5) is 66.2. The maximum atomic E-state index is 14.0. The Morgan fingerprint density at radius 1 is 0.719 bits per heavy atom. The van der Waals surface area contributed by atoms with Crippen molar-refractivity contribution >= 4 is 45.6 Å². The van der Waals surface area contributed by atoms with Gasteiger partial charge in [-0.3, -0.25) is 4.79 Å². The van der Waals surface area contributed by atoms with Crippen LogP contribution in [0.5, 0.6) is 23.0 Å². The number of allylic oxidation sites excluding steroid dienone is 2. The minimum atomic E-state index is -2.43. The molecule has 0 aromatic heterocycles. The number of carbonyl (C=O) groups excluding carboxylic acids is 5. The quantitative estimate of drug-likeness (QED) is 0.104. The van der Waals surface area contributed by atoms with Crippen LogP contribution < -0.4 is 14.2 Å². The second kappa shape index (κ2) is 17.5. The predicted molar refractivity (Wildman–Crippen MR) is 212 cm³/mol. The first-order valence-electron chi connectivity index (χ1n) is 18.0. The maximum absolute atomic E-state index is 14.0. The number of phenolic OH excluding ortho intramolecular Hbond substituents is 1. The number of aryl methyl sites for hydroxylation is 1. The first kappa shape index (κ1) is 44.4. The summed E-state index contributed by atoms with van der Waals surface area (Å²) in [6.07, 6.45) is 3.12. The van der Waals surface area contributed by atoms with Gasteiger partial charge in [0.15, 0.2) is 18.3 Å². The monoisotopic (exact) mass is 850 g/mol. The lowest BCUT2D eigenvalue weighted by Crippen LogP contribution is -2.47. The standard InChI is InChI=1S/C43H47BrO13/c1-13-14-29-27(10)30(15-19(2)32(29)40(48)56-37-24(7)21(4)33(22(5)25(37)8)39(47)54-18-52-11)55-41(49)34-23(6)26(9)38(35(44)36(34)46)57-42(50)43(51)20(3)16-28(45)17-31(43)53-12/h15-17,46,51H,13-14,18H2,1-12H3/t43-/m1/s1. The minimum absolute atomic E-state index is 0.0362. The van der Waals surface area contributed by atoms with Crippen LogP contribution in [0.25, 0.3) is 0 Å². The largest absolute Gasteiger partial charge is 0.506 e. The van der Waals surface area contributed by atoms with Gasteiger partial charge in [-0.05, 0) is 152 Å². The Hall–Kier alpha value is -5.31. The molecule has 0 heterocycles. The van der Waals surface area contributed by atoms with E-state index in [2.05, 4.69) is 15.9 Å². The number of aromatic hydroxyl groups is 1. The van der Waals surface area contributed by atoms with E-state index in [-0.39, 0.29) is 50.8 Å². The predicted octanol–water partition coefficient (Wildman–Crippen LogP) is 7.47. The highest BCUT2D eigenvalue weighted by Crippen LogP contribution is 2.44. The van der Waals surface area contributed by atoms with Crippen LogP contribution in [0, 0.1) is 55.4 Å². The van der Waals surface area contributed by atoms with Gasteiger partial charge >= 0.3 is 23.9 Å². The lowest BCUT2D eigenvalue weighted by molar-refractivity contribution is -0.151. The van der Waals surface area contributed by atoms with Crippen molar-refractivity contribution in [1.29, 1.82) is 0 Å². The zero-order chi connectivity index (χ0) is 42.8. The van der Waals surface area contributed by atoms with Crippen LogP contribution in [-0.2, 0) is 30.2 Å². The van der Waals surface area contributed by atoms with E-state index in [9.17, 15) is 34.2 Å². The van der Waals surface area contributed by atoms with Crippen molar-refractivity contribution in [3.05, 3.63) is 101 Å². The second-order valence-corrected chi connectivity index (χ2v) is 14.7. The molecule has 0 spiro atoms. The molecule has 13 nitrogen and oxygen atoms in total. The van der Waals surface area contributed by atoms with E-state index in [4.69, 9.17) is 28.4 Å². The number of hydrogen-bond donors (Lipinski definition) is 2. The van der Waals surface area contributed by atoms with E-state index < -0.39 is 41.0 Å². The Balaban J connectivity index is 1.70. The number of esters is 4. The highest BCUT2D eigenvalue weighted by molar-refractivity contribution is 9.10. The third kappa shape index (κ3) is 8.12. The third-order valence-electron chi connectivity index (χ3n) is 10.4. The number of ether oxygens (including phenoxy) is 6. The average Bonchev–Trinajstić information content (AvgIpc) is 3.15. The first-order valence-corrected chi connectivity index (χ1v) is 18.8. The summed E-state index contributed by atoms with van der Waals surface area (Å²) in [5.41, 5.74) is 2.41. The summed E-state index contributed by atoms with van der Waals surface area (Å²) >= 11 is 3.24. The fourth-order valence-corrected chi connectivity index (χ4v) is 7.41. The fourth-order valence-electron chi connectivity index (χ4n) is 6.83. The molecular weight excluding hydrogens is 804 g/mol. The van der Waals surface area contributed by atoms with Crippen molar-refractivity contribution in [2.24, 2.45) is 0 Å². The van der Waals surface area contributed by atoms with Crippen molar-refractivity contribution in [1.82, 2.24) is 0 Å². The lowest BCUT2D eigenvalue weighted by atomic mass is 9.87. The zero-order valence-electron chi connectivity index (χ0n) is 34.1. The third-order valence-corrected chi connectivity index (χ3v) is 11.2. The minimum Gasteiger partial charge on any atom is -0.506 e. The maximum Gasteiger partial charge on any atom is 0.356 e. The Labute approximate surface area is 339 Å². The molecule has 0 unspecified atom stereocenters. The Morgan fingerprint density at radius 2 is 1.28 bits per heavy atom. The van der Waals surface area contributed by atoms with Crippen LogP contribution >= 0.6 is 15.9 Å². The molecule has 0 amide bonds. The van der Waals surface area contributed by atoms with E-state index in [0.29, 0.717) is 68.7 Å². The summed E-state index contributed by atoms with van der Waals surface area (Å²) in [7, 11) is 2.61. The average molecular weight is 852 g/mol. The van der Waals surface area contributed by atoms with Crippen LogP contribution in [0.15, 0.2) is 34.0 Å². The molecule has 0 bridgehead atoms. The molecule has 14 heteroatoms. The van der Waals surface area contributed by atoms with Gasteiger partial charge in [-0.1, -0.05) is 13.3 Å². The zero-order valence-corrected chi connectivity index (χ0v) is 35.7. The van der Waals surface area contributed by atoms with Gasteiger partial charge in [0.1, 0.15) is 33.0 Å². The Morgan fingerprint density at radius 3 is 1.84 bits per heavy atom. The molecule has 4 rings (SSSR count). The van der Waals surface area contributed by atoms with Crippen molar-refractivity contribution in [3.8, 4) is 23.0 Å². The number of halogens is 1. The summed E-state index contributed by atoms with van der Waals surface area (Å²) < 4.78 is 32.6. The summed E-state index contributed by atoms with van der Waals surface area (Å²) in [5.74, 6) is -4.46. The van der Waals surface area contributed by atoms with Crippen LogP contribution in [0.2, 0.25) is 0 Å². The van der Waals surface area contributed by atoms with Crippen molar-refractivity contribution in [2.45, 2.75) is 87.7 Å². The molecule has 0 aliphatic heterocycles. The van der Waals surface area contributed by atoms with Gasteiger partial charge in [-0.25, -0.2) is 19.2 Å². The van der Waals surface area contributed by atoms with Crippen LogP contribution in [-0.4, -0.2) is 66.5 Å². The SMILES string of the molecule is CCCc1c(C)c(OC(=O)c2c(C)c(C)c(OC(=O)[C@@]3(O)C(C)=CC(=O)C=C3OC)c(Br)c2O)cc(C)c1C(=O)Oc1c(C)c(C)c(C(=O)OCOC)c(C)c1C. The number of phenols is 1. The highest BCUT2D eigenvalue weighted by atomic mass is 79.9.